The first kappa shape index (κ1) is 12.5. The molecule has 0 aliphatic carbocycles. The van der Waals surface area contributed by atoms with Gasteiger partial charge in [0.2, 0.25) is 0 Å². The summed E-state index contributed by atoms with van der Waals surface area (Å²) in [5.41, 5.74) is 9.44. The number of nitrogen functional groups attached to an aromatic ring is 1. The van der Waals surface area contributed by atoms with E-state index < -0.39 is 0 Å². The topological polar surface area (TPSA) is 47.1 Å². The Morgan fingerprint density at radius 3 is 3.05 bits per heavy atom. The summed E-state index contributed by atoms with van der Waals surface area (Å²) in [6.07, 6.45) is 1.10. The van der Waals surface area contributed by atoms with E-state index in [1.807, 2.05) is 22.9 Å². The molecule has 3 heterocycles. The van der Waals surface area contributed by atoms with Gasteiger partial charge >= 0.3 is 0 Å². The molecule has 1 aliphatic heterocycles. The summed E-state index contributed by atoms with van der Waals surface area (Å²) >= 11 is 1.87. The SMILES string of the molecule is CCn1nc(C)c(N)c1N1CCc2sccc2C1C. The van der Waals surface area contributed by atoms with Crippen molar-refractivity contribution in [3.63, 3.8) is 0 Å². The Morgan fingerprint density at radius 2 is 2.32 bits per heavy atom. The van der Waals surface area contributed by atoms with Gasteiger partial charge in [0.25, 0.3) is 0 Å². The van der Waals surface area contributed by atoms with Crippen molar-refractivity contribution in [1.82, 2.24) is 9.78 Å². The minimum atomic E-state index is 0.374. The van der Waals surface area contributed by atoms with Gasteiger partial charge in [-0.3, -0.25) is 0 Å². The van der Waals surface area contributed by atoms with Crippen LogP contribution in [0.5, 0.6) is 0 Å². The highest BCUT2D eigenvalue weighted by atomic mass is 32.1. The number of anilines is 2. The molecule has 0 bridgehead atoms. The number of nitrogens with zero attached hydrogens (tertiary/aromatic N) is 3. The third-order valence-corrected chi connectivity index (χ3v) is 4.99. The molecule has 0 amide bonds. The third-order valence-electron chi connectivity index (χ3n) is 3.99. The predicted octanol–water partition coefficient (Wildman–Crippen LogP) is 2.98. The second-order valence-electron chi connectivity index (χ2n) is 5.06. The van der Waals surface area contributed by atoms with E-state index >= 15 is 0 Å². The van der Waals surface area contributed by atoms with E-state index in [9.17, 15) is 0 Å². The standard InChI is InChI=1S/C14H20N4S/c1-4-18-14(13(15)9(2)16-18)17-7-5-12-11(10(17)3)6-8-19-12/h6,8,10H,4-5,7,15H2,1-3H3. The Kier molecular flexibility index (Phi) is 3.01. The molecule has 19 heavy (non-hydrogen) atoms. The van der Waals surface area contributed by atoms with Crippen LogP contribution in [-0.2, 0) is 13.0 Å². The number of nitrogens with two attached hydrogens (primary N) is 1. The second kappa shape index (κ2) is 4.56. The highest BCUT2D eigenvalue weighted by Crippen LogP contribution is 2.38. The minimum Gasteiger partial charge on any atom is -0.394 e. The Morgan fingerprint density at radius 1 is 1.53 bits per heavy atom. The number of rotatable bonds is 2. The number of aryl methyl sites for hydroxylation is 2. The molecule has 2 N–H and O–H groups in total. The Hall–Kier alpha value is -1.49. The number of fused-ring (bicyclic) bond motifs is 1. The summed E-state index contributed by atoms with van der Waals surface area (Å²) in [7, 11) is 0. The number of hydrogen-bond acceptors (Lipinski definition) is 4. The van der Waals surface area contributed by atoms with Crippen molar-refractivity contribution in [3.05, 3.63) is 27.6 Å². The molecule has 5 heteroatoms. The summed E-state index contributed by atoms with van der Waals surface area (Å²) in [4.78, 5) is 3.91. The van der Waals surface area contributed by atoms with Gasteiger partial charge in [-0.2, -0.15) is 5.10 Å². The van der Waals surface area contributed by atoms with Gasteiger partial charge in [0, 0.05) is 18.0 Å². The Bertz CT molecular complexity index is 599. The molecule has 2 aromatic heterocycles. The Balaban J connectivity index is 2.04. The van der Waals surface area contributed by atoms with Crippen LogP contribution < -0.4 is 10.6 Å². The van der Waals surface area contributed by atoms with E-state index in [2.05, 4.69) is 35.3 Å². The highest BCUT2D eigenvalue weighted by Gasteiger charge is 2.29. The number of aromatic nitrogens is 2. The van der Waals surface area contributed by atoms with Crippen molar-refractivity contribution in [1.29, 1.82) is 0 Å². The average molecular weight is 276 g/mol. The van der Waals surface area contributed by atoms with Crippen molar-refractivity contribution >= 4 is 22.8 Å². The van der Waals surface area contributed by atoms with E-state index in [1.54, 1.807) is 0 Å². The summed E-state index contributed by atoms with van der Waals surface area (Å²) in [5, 5.41) is 6.73. The molecule has 0 radical (unpaired) electrons. The van der Waals surface area contributed by atoms with Gasteiger partial charge in [-0.05, 0) is 44.2 Å². The van der Waals surface area contributed by atoms with E-state index in [0.717, 1.165) is 36.7 Å². The van der Waals surface area contributed by atoms with Gasteiger partial charge in [-0.25, -0.2) is 4.68 Å². The maximum absolute atomic E-state index is 6.24. The molecular formula is C14H20N4S. The van der Waals surface area contributed by atoms with Crippen LogP contribution in [0.15, 0.2) is 11.4 Å². The maximum atomic E-state index is 6.24. The highest BCUT2D eigenvalue weighted by molar-refractivity contribution is 7.10. The van der Waals surface area contributed by atoms with Gasteiger partial charge in [0.05, 0.1) is 17.4 Å². The van der Waals surface area contributed by atoms with Gasteiger partial charge in [-0.15, -0.1) is 11.3 Å². The maximum Gasteiger partial charge on any atom is 0.151 e. The molecule has 1 aliphatic rings. The van der Waals surface area contributed by atoms with Crippen LogP contribution in [0.3, 0.4) is 0 Å². The molecule has 1 unspecified atom stereocenters. The van der Waals surface area contributed by atoms with Gasteiger partial charge in [0.15, 0.2) is 5.82 Å². The van der Waals surface area contributed by atoms with Crippen molar-refractivity contribution in [2.75, 3.05) is 17.2 Å². The van der Waals surface area contributed by atoms with Gasteiger partial charge in [0.1, 0.15) is 0 Å². The lowest BCUT2D eigenvalue weighted by Crippen LogP contribution is -2.35. The summed E-state index contributed by atoms with van der Waals surface area (Å²) in [6.45, 7) is 8.22. The van der Waals surface area contributed by atoms with E-state index in [4.69, 9.17) is 5.73 Å². The molecule has 3 rings (SSSR count). The van der Waals surface area contributed by atoms with Crippen LogP contribution in [0.2, 0.25) is 0 Å². The van der Waals surface area contributed by atoms with Crippen LogP contribution >= 0.6 is 11.3 Å². The first-order chi connectivity index (χ1) is 9.13. The normalized spacial score (nSPS) is 18.7. The molecule has 0 saturated carbocycles. The predicted molar refractivity (Wildman–Crippen MR) is 80.8 cm³/mol. The smallest absolute Gasteiger partial charge is 0.151 e. The van der Waals surface area contributed by atoms with Gasteiger partial charge < -0.3 is 10.6 Å². The zero-order chi connectivity index (χ0) is 13.6. The first-order valence-corrected chi connectivity index (χ1v) is 7.67. The molecule has 1 atom stereocenters. The minimum absolute atomic E-state index is 0.374. The Labute approximate surface area is 117 Å². The molecule has 0 spiro atoms. The number of hydrogen-bond donors (Lipinski definition) is 1. The number of thiophene rings is 1. The molecule has 4 nitrogen and oxygen atoms in total. The molecule has 102 valence electrons. The van der Waals surface area contributed by atoms with Crippen molar-refractivity contribution < 1.29 is 0 Å². The lowest BCUT2D eigenvalue weighted by Gasteiger charge is -2.35. The fraction of sp³-hybridized carbons (Fsp3) is 0.500. The fourth-order valence-electron chi connectivity index (χ4n) is 2.91. The largest absolute Gasteiger partial charge is 0.394 e. The third kappa shape index (κ3) is 1.84. The first-order valence-electron chi connectivity index (χ1n) is 6.79. The fourth-order valence-corrected chi connectivity index (χ4v) is 3.87. The lowest BCUT2D eigenvalue weighted by molar-refractivity contribution is 0.575. The average Bonchev–Trinajstić information content (AvgIpc) is 2.98. The summed E-state index contributed by atoms with van der Waals surface area (Å²) in [5.74, 6) is 1.09. The van der Waals surface area contributed by atoms with Crippen molar-refractivity contribution in [2.45, 2.75) is 39.8 Å². The van der Waals surface area contributed by atoms with Crippen LogP contribution in [-0.4, -0.2) is 16.3 Å². The molecular weight excluding hydrogens is 256 g/mol. The summed E-state index contributed by atoms with van der Waals surface area (Å²) in [6, 6.07) is 2.62. The van der Waals surface area contributed by atoms with Crippen molar-refractivity contribution in [2.24, 2.45) is 0 Å². The van der Waals surface area contributed by atoms with E-state index in [-0.39, 0.29) is 0 Å². The lowest BCUT2D eigenvalue weighted by atomic mass is 10.0. The second-order valence-corrected chi connectivity index (χ2v) is 6.06. The van der Waals surface area contributed by atoms with Gasteiger partial charge in [-0.1, -0.05) is 0 Å². The van der Waals surface area contributed by atoms with Crippen LogP contribution in [0.25, 0.3) is 0 Å². The molecule has 0 saturated heterocycles. The van der Waals surface area contributed by atoms with E-state index in [0.29, 0.717) is 6.04 Å². The van der Waals surface area contributed by atoms with Crippen LogP contribution in [0, 0.1) is 6.92 Å². The van der Waals surface area contributed by atoms with E-state index in [1.165, 1.54) is 10.4 Å². The monoisotopic (exact) mass is 276 g/mol. The van der Waals surface area contributed by atoms with Crippen molar-refractivity contribution in [3.8, 4) is 0 Å². The zero-order valence-corrected chi connectivity index (χ0v) is 12.5. The van der Waals surface area contributed by atoms with Crippen LogP contribution in [0.4, 0.5) is 11.5 Å². The zero-order valence-electron chi connectivity index (χ0n) is 11.7. The quantitative estimate of drug-likeness (QED) is 0.917. The molecule has 2 aromatic rings. The van der Waals surface area contributed by atoms with Crippen LogP contribution in [0.1, 0.15) is 36.0 Å². The molecule has 0 aromatic carbocycles. The molecule has 0 fully saturated rings. The summed E-state index contributed by atoms with van der Waals surface area (Å²) < 4.78 is 2.03.